The molecule has 2 heteroatoms. The highest BCUT2D eigenvalue weighted by molar-refractivity contribution is 9.09. The summed E-state index contributed by atoms with van der Waals surface area (Å²) < 4.78 is 5.13. The molecular formula is C9H17BrO. The van der Waals surface area contributed by atoms with Crippen LogP contribution in [0.15, 0.2) is 0 Å². The number of rotatable bonds is 7. The van der Waals surface area contributed by atoms with Crippen molar-refractivity contribution in [1.29, 1.82) is 0 Å². The van der Waals surface area contributed by atoms with Gasteiger partial charge in [0, 0.05) is 5.33 Å². The highest BCUT2D eigenvalue weighted by Crippen LogP contribution is 2.17. The van der Waals surface area contributed by atoms with E-state index in [4.69, 9.17) is 4.74 Å². The van der Waals surface area contributed by atoms with E-state index in [2.05, 4.69) is 15.9 Å². The lowest BCUT2D eigenvalue weighted by Gasteiger charge is -1.97. The third-order valence-corrected chi connectivity index (χ3v) is 2.62. The van der Waals surface area contributed by atoms with Crippen molar-refractivity contribution in [3.05, 3.63) is 0 Å². The molecule has 0 aromatic heterocycles. The second-order valence-electron chi connectivity index (χ2n) is 3.20. The third kappa shape index (κ3) is 5.68. The Hall–Kier alpha value is 0.440. The van der Waals surface area contributed by atoms with Gasteiger partial charge >= 0.3 is 0 Å². The Morgan fingerprint density at radius 1 is 1.09 bits per heavy atom. The van der Waals surface area contributed by atoms with Gasteiger partial charge in [-0.15, -0.1) is 0 Å². The van der Waals surface area contributed by atoms with Crippen molar-refractivity contribution in [1.82, 2.24) is 0 Å². The lowest BCUT2D eigenvalue weighted by Crippen LogP contribution is -1.85. The highest BCUT2D eigenvalue weighted by atomic mass is 79.9. The second kappa shape index (κ2) is 6.01. The van der Waals surface area contributed by atoms with Crippen molar-refractivity contribution in [2.75, 3.05) is 11.9 Å². The first kappa shape index (κ1) is 9.53. The minimum Gasteiger partial charge on any atom is -0.373 e. The van der Waals surface area contributed by atoms with E-state index < -0.39 is 0 Å². The van der Waals surface area contributed by atoms with Gasteiger partial charge in [0.15, 0.2) is 0 Å². The zero-order valence-corrected chi connectivity index (χ0v) is 8.61. The molecule has 0 aromatic rings. The molecule has 0 aromatic carbocycles. The van der Waals surface area contributed by atoms with Crippen LogP contribution in [0.1, 0.15) is 38.5 Å². The number of hydrogen-bond donors (Lipinski definition) is 0. The first-order chi connectivity index (χ1) is 5.43. The molecule has 0 radical (unpaired) electrons. The van der Waals surface area contributed by atoms with Crippen molar-refractivity contribution >= 4 is 15.9 Å². The highest BCUT2D eigenvalue weighted by Gasteiger charge is 2.20. The molecule has 0 aliphatic carbocycles. The summed E-state index contributed by atoms with van der Waals surface area (Å²) >= 11 is 3.43. The summed E-state index contributed by atoms with van der Waals surface area (Å²) in [5.74, 6) is 0. The SMILES string of the molecule is BrCCCCCCCC1CO1. The van der Waals surface area contributed by atoms with Crippen LogP contribution in [0.4, 0.5) is 0 Å². The van der Waals surface area contributed by atoms with Gasteiger partial charge in [-0.2, -0.15) is 0 Å². The summed E-state index contributed by atoms with van der Waals surface area (Å²) in [6.07, 6.45) is 8.83. The number of epoxide rings is 1. The quantitative estimate of drug-likeness (QED) is 0.365. The molecule has 11 heavy (non-hydrogen) atoms. The van der Waals surface area contributed by atoms with E-state index in [-0.39, 0.29) is 0 Å². The number of unbranched alkanes of at least 4 members (excludes halogenated alkanes) is 4. The first-order valence-electron chi connectivity index (χ1n) is 4.61. The van der Waals surface area contributed by atoms with Crippen molar-refractivity contribution in [2.45, 2.75) is 44.6 Å². The van der Waals surface area contributed by atoms with Gasteiger partial charge in [-0.3, -0.25) is 0 Å². The maximum atomic E-state index is 5.13. The largest absolute Gasteiger partial charge is 0.373 e. The van der Waals surface area contributed by atoms with Crippen LogP contribution >= 0.6 is 15.9 Å². The summed E-state index contributed by atoms with van der Waals surface area (Å²) in [5, 5.41) is 1.17. The maximum absolute atomic E-state index is 5.13. The average molecular weight is 221 g/mol. The number of alkyl halides is 1. The van der Waals surface area contributed by atoms with Crippen LogP contribution in [-0.4, -0.2) is 18.0 Å². The summed E-state index contributed by atoms with van der Waals surface area (Å²) in [7, 11) is 0. The van der Waals surface area contributed by atoms with Gasteiger partial charge in [0.2, 0.25) is 0 Å². The van der Waals surface area contributed by atoms with Crippen molar-refractivity contribution in [3.8, 4) is 0 Å². The average Bonchev–Trinajstić information content (AvgIpc) is 2.80. The molecule has 0 amide bonds. The maximum Gasteiger partial charge on any atom is 0.0810 e. The molecule has 66 valence electrons. The van der Waals surface area contributed by atoms with Gasteiger partial charge in [0.1, 0.15) is 0 Å². The van der Waals surface area contributed by atoms with E-state index in [1.54, 1.807) is 0 Å². The third-order valence-electron chi connectivity index (χ3n) is 2.06. The molecule has 1 atom stereocenters. The van der Waals surface area contributed by atoms with E-state index in [0.717, 1.165) is 6.61 Å². The Morgan fingerprint density at radius 2 is 1.73 bits per heavy atom. The standard InChI is InChI=1S/C9H17BrO/c10-7-5-3-1-2-4-6-9-8-11-9/h9H,1-8H2. The minimum absolute atomic E-state index is 0.645. The lowest BCUT2D eigenvalue weighted by molar-refractivity contribution is 0.388. The fourth-order valence-electron chi connectivity index (χ4n) is 1.23. The molecule has 1 aliphatic heterocycles. The number of hydrogen-bond acceptors (Lipinski definition) is 1. The predicted octanol–water partition coefficient (Wildman–Crippen LogP) is 3.12. The number of halogens is 1. The van der Waals surface area contributed by atoms with Crippen LogP contribution in [0.3, 0.4) is 0 Å². The summed E-state index contributed by atoms with van der Waals surface area (Å²) in [5.41, 5.74) is 0. The van der Waals surface area contributed by atoms with Crippen LogP contribution < -0.4 is 0 Å². The smallest absolute Gasteiger partial charge is 0.0810 e. The molecule has 1 fully saturated rings. The fraction of sp³-hybridized carbons (Fsp3) is 1.00. The topological polar surface area (TPSA) is 12.5 Å². The molecule has 0 bridgehead atoms. The van der Waals surface area contributed by atoms with Crippen LogP contribution in [-0.2, 0) is 4.74 Å². The Morgan fingerprint density at radius 3 is 2.36 bits per heavy atom. The minimum atomic E-state index is 0.645. The van der Waals surface area contributed by atoms with E-state index in [1.165, 1.54) is 43.9 Å². The monoisotopic (exact) mass is 220 g/mol. The summed E-state index contributed by atoms with van der Waals surface area (Å²) in [6, 6.07) is 0. The van der Waals surface area contributed by atoms with Crippen molar-refractivity contribution in [2.24, 2.45) is 0 Å². The van der Waals surface area contributed by atoms with Gasteiger partial charge in [-0.25, -0.2) is 0 Å². The number of ether oxygens (including phenoxy) is 1. The fourth-order valence-corrected chi connectivity index (χ4v) is 1.63. The van der Waals surface area contributed by atoms with Crippen molar-refractivity contribution in [3.63, 3.8) is 0 Å². The van der Waals surface area contributed by atoms with Gasteiger partial charge in [-0.05, 0) is 12.8 Å². The Bertz CT molecular complexity index is 91.6. The summed E-state index contributed by atoms with van der Waals surface area (Å²) in [4.78, 5) is 0. The predicted molar refractivity (Wildman–Crippen MR) is 51.2 cm³/mol. The van der Waals surface area contributed by atoms with E-state index in [1.807, 2.05) is 0 Å². The van der Waals surface area contributed by atoms with Crippen LogP contribution in [0.2, 0.25) is 0 Å². The van der Waals surface area contributed by atoms with Crippen LogP contribution in [0.5, 0.6) is 0 Å². The second-order valence-corrected chi connectivity index (χ2v) is 3.99. The lowest BCUT2D eigenvalue weighted by atomic mass is 10.1. The molecule has 1 unspecified atom stereocenters. The van der Waals surface area contributed by atoms with Crippen molar-refractivity contribution < 1.29 is 4.74 Å². The molecule has 0 spiro atoms. The molecule has 0 saturated carbocycles. The van der Waals surface area contributed by atoms with E-state index in [0.29, 0.717) is 6.10 Å². The Balaban J connectivity index is 1.66. The molecule has 1 nitrogen and oxygen atoms in total. The zero-order chi connectivity index (χ0) is 7.94. The van der Waals surface area contributed by atoms with Crippen LogP contribution in [0, 0.1) is 0 Å². The summed E-state index contributed by atoms with van der Waals surface area (Å²) in [6.45, 7) is 1.03. The van der Waals surface area contributed by atoms with Gasteiger partial charge in [-0.1, -0.05) is 41.6 Å². The van der Waals surface area contributed by atoms with Gasteiger partial charge in [0.05, 0.1) is 12.7 Å². The molecule has 1 heterocycles. The molecular weight excluding hydrogens is 204 g/mol. The molecule has 1 saturated heterocycles. The van der Waals surface area contributed by atoms with E-state index in [9.17, 15) is 0 Å². The molecule has 1 aliphatic rings. The zero-order valence-electron chi connectivity index (χ0n) is 7.02. The molecule has 0 N–H and O–H groups in total. The van der Waals surface area contributed by atoms with E-state index >= 15 is 0 Å². The van der Waals surface area contributed by atoms with Crippen LogP contribution in [0.25, 0.3) is 0 Å². The van der Waals surface area contributed by atoms with Gasteiger partial charge < -0.3 is 4.74 Å². The Labute approximate surface area is 77.6 Å². The molecule has 1 rings (SSSR count). The van der Waals surface area contributed by atoms with Gasteiger partial charge in [0.25, 0.3) is 0 Å². The Kier molecular flexibility index (Phi) is 5.21. The first-order valence-corrected chi connectivity index (χ1v) is 5.73. The normalized spacial score (nSPS) is 22.1.